The number of hydrogen-bond acceptors (Lipinski definition) is 6. The Labute approximate surface area is 211 Å². The quantitative estimate of drug-likeness (QED) is 0.649. The van der Waals surface area contributed by atoms with E-state index in [0.29, 0.717) is 55.5 Å². The Morgan fingerprint density at radius 3 is 2.71 bits per heavy atom. The summed E-state index contributed by atoms with van der Waals surface area (Å²) in [6.07, 6.45) is 4.91. The van der Waals surface area contributed by atoms with Gasteiger partial charge in [0.05, 0.1) is 26.4 Å². The second-order valence-electron chi connectivity index (χ2n) is 10.1. The van der Waals surface area contributed by atoms with Crippen molar-refractivity contribution < 1.29 is 18.4 Å². The van der Waals surface area contributed by atoms with Gasteiger partial charge in [0.2, 0.25) is 11.8 Å². The first-order valence-corrected chi connectivity index (χ1v) is 14.0. The number of nitrogens with one attached hydrogen (secondary N) is 1. The Hall–Kier alpha value is -2.00. The largest absolute Gasteiger partial charge is 0.477 e. The summed E-state index contributed by atoms with van der Waals surface area (Å²) in [5.74, 6) is 1.73. The third kappa shape index (κ3) is 5.71. The van der Waals surface area contributed by atoms with Gasteiger partial charge in [-0.1, -0.05) is 24.3 Å². The Bertz CT molecular complexity index is 1050. The molecule has 1 unspecified atom stereocenters. The van der Waals surface area contributed by atoms with Gasteiger partial charge >= 0.3 is 0 Å². The molecule has 1 spiro atoms. The fraction of sp³-hybridized carbons (Fsp3) is 0.593. The molecule has 1 aromatic carbocycles. The Kier molecular flexibility index (Phi) is 7.72. The highest BCUT2D eigenvalue weighted by molar-refractivity contribution is 7.82. The first-order valence-electron chi connectivity index (χ1n) is 12.9. The van der Waals surface area contributed by atoms with E-state index in [9.17, 15) is 4.21 Å². The van der Waals surface area contributed by atoms with Crippen molar-refractivity contribution in [1.29, 1.82) is 0 Å². The third-order valence-corrected chi connectivity index (χ3v) is 8.93. The highest BCUT2D eigenvalue weighted by atomic mass is 32.2. The lowest BCUT2D eigenvalue weighted by atomic mass is 9.93. The average molecular weight is 500 g/mol. The van der Waals surface area contributed by atoms with E-state index in [1.54, 1.807) is 0 Å². The first kappa shape index (κ1) is 24.7. The minimum Gasteiger partial charge on any atom is -0.477 e. The second kappa shape index (κ2) is 10.9. The maximum absolute atomic E-state index is 13.9. The van der Waals surface area contributed by atoms with Crippen LogP contribution in [0.15, 0.2) is 35.2 Å². The maximum Gasteiger partial charge on any atom is 0.235 e. The smallest absolute Gasteiger partial charge is 0.235 e. The van der Waals surface area contributed by atoms with Crippen molar-refractivity contribution in [2.75, 3.05) is 39.5 Å². The molecule has 1 N–H and O–H groups in total. The lowest BCUT2D eigenvalue weighted by Crippen LogP contribution is -2.49. The molecule has 0 amide bonds. The van der Waals surface area contributed by atoms with Crippen LogP contribution >= 0.6 is 0 Å². The summed E-state index contributed by atoms with van der Waals surface area (Å²) in [4.78, 5) is 5.43. The highest BCUT2D eigenvalue weighted by Gasteiger charge is 2.43. The second-order valence-corrected chi connectivity index (χ2v) is 11.6. The predicted octanol–water partition coefficient (Wildman–Crippen LogP) is 3.93. The summed E-state index contributed by atoms with van der Waals surface area (Å²) in [7, 11) is -1.39. The van der Waals surface area contributed by atoms with Crippen molar-refractivity contribution in [2.45, 2.75) is 63.0 Å². The zero-order valence-electron chi connectivity index (χ0n) is 20.9. The minimum absolute atomic E-state index is 0.444. The molecule has 1 aromatic heterocycles. The van der Waals surface area contributed by atoms with Crippen LogP contribution in [-0.4, -0.2) is 58.6 Å². The van der Waals surface area contributed by atoms with Gasteiger partial charge in [0.15, 0.2) is 0 Å². The summed E-state index contributed by atoms with van der Waals surface area (Å²) < 4.78 is 34.4. The summed E-state index contributed by atoms with van der Waals surface area (Å²) in [6.45, 7) is 9.32. The zero-order chi connectivity index (χ0) is 24.3. The van der Waals surface area contributed by atoms with Crippen molar-refractivity contribution in [2.24, 2.45) is 5.92 Å². The van der Waals surface area contributed by atoms with E-state index in [4.69, 9.17) is 19.2 Å². The van der Waals surface area contributed by atoms with Crippen molar-refractivity contribution in [3.63, 3.8) is 0 Å². The van der Waals surface area contributed by atoms with Crippen molar-refractivity contribution >= 4 is 11.0 Å². The molecule has 2 aromatic rings. The van der Waals surface area contributed by atoms with Crippen LogP contribution in [0.2, 0.25) is 0 Å². The average Bonchev–Trinajstić information content (AvgIpc) is 2.96. The molecule has 0 saturated carbocycles. The lowest BCUT2D eigenvalue weighted by molar-refractivity contribution is -0.0554. The van der Waals surface area contributed by atoms with Gasteiger partial charge in [-0.25, -0.2) is 8.51 Å². The number of fused-ring (bicyclic) bond motifs is 1. The summed E-state index contributed by atoms with van der Waals surface area (Å²) in [6, 6.07) is 10.2. The molecule has 4 heterocycles. The Morgan fingerprint density at radius 2 is 1.94 bits per heavy atom. The lowest BCUT2D eigenvalue weighted by Gasteiger charge is -2.38. The monoisotopic (exact) mass is 499 g/mol. The number of ether oxygens (including phenoxy) is 3. The van der Waals surface area contributed by atoms with Crippen LogP contribution in [0.1, 0.15) is 48.8 Å². The van der Waals surface area contributed by atoms with E-state index in [2.05, 4.69) is 24.4 Å². The normalized spacial score (nSPS) is 22.9. The number of piperidine rings is 1. The Balaban J connectivity index is 1.40. The molecule has 1 atom stereocenters. The van der Waals surface area contributed by atoms with Crippen LogP contribution in [0.4, 0.5) is 0 Å². The molecule has 190 valence electrons. The van der Waals surface area contributed by atoms with Gasteiger partial charge in [0.25, 0.3) is 0 Å². The van der Waals surface area contributed by atoms with Gasteiger partial charge in [0, 0.05) is 24.9 Å². The zero-order valence-corrected chi connectivity index (χ0v) is 21.7. The molecule has 0 bridgehead atoms. The molecule has 0 radical (unpaired) electrons. The predicted molar refractivity (Wildman–Crippen MR) is 136 cm³/mol. The molecule has 7 nitrogen and oxygen atoms in total. The molecule has 35 heavy (non-hydrogen) atoms. The van der Waals surface area contributed by atoms with E-state index in [1.807, 2.05) is 29.4 Å². The van der Waals surface area contributed by atoms with E-state index < -0.39 is 16.6 Å². The summed E-state index contributed by atoms with van der Waals surface area (Å²) >= 11 is 0. The van der Waals surface area contributed by atoms with E-state index >= 15 is 0 Å². The summed E-state index contributed by atoms with van der Waals surface area (Å²) in [5, 5.41) is 3.41. The van der Waals surface area contributed by atoms with E-state index in [-0.39, 0.29) is 0 Å². The fourth-order valence-electron chi connectivity index (χ4n) is 5.24. The Morgan fingerprint density at radius 1 is 1.17 bits per heavy atom. The summed E-state index contributed by atoms with van der Waals surface area (Å²) in [5.41, 5.74) is 2.79. The van der Waals surface area contributed by atoms with Crippen LogP contribution in [0, 0.1) is 19.8 Å². The molecular weight excluding hydrogens is 462 g/mol. The van der Waals surface area contributed by atoms with Crippen molar-refractivity contribution in [3.05, 3.63) is 47.0 Å². The molecule has 8 heteroatoms. The number of rotatable bonds is 6. The molecule has 5 rings (SSSR count). The minimum atomic E-state index is -1.39. The number of hydrogen-bond donors (Lipinski definition) is 1. The number of aromatic nitrogens is 1. The van der Waals surface area contributed by atoms with Crippen molar-refractivity contribution in [1.82, 2.24) is 14.6 Å². The van der Waals surface area contributed by atoms with Gasteiger partial charge in [-0.15, -0.1) is 0 Å². The number of pyridine rings is 1. The van der Waals surface area contributed by atoms with Gasteiger partial charge in [0.1, 0.15) is 21.5 Å². The molecule has 3 aliphatic heterocycles. The molecule has 3 aliphatic rings. The number of nitrogens with zero attached hydrogens (tertiary/aromatic N) is 2. The van der Waals surface area contributed by atoms with E-state index in [0.717, 1.165) is 37.9 Å². The van der Waals surface area contributed by atoms with Crippen LogP contribution < -0.4 is 14.8 Å². The molecule has 2 fully saturated rings. The number of aryl methyl sites for hydroxylation is 2. The molecule has 0 aliphatic carbocycles. The number of benzene rings is 1. The van der Waals surface area contributed by atoms with Crippen LogP contribution in [0.5, 0.6) is 11.8 Å². The van der Waals surface area contributed by atoms with Crippen LogP contribution in [0.3, 0.4) is 0 Å². The van der Waals surface area contributed by atoms with Crippen LogP contribution in [-0.2, 0) is 22.3 Å². The molecular formula is C27H37N3O4S. The molecule has 2 saturated heterocycles. The maximum atomic E-state index is 13.9. The van der Waals surface area contributed by atoms with Gasteiger partial charge in [-0.05, 0) is 69.3 Å². The van der Waals surface area contributed by atoms with Gasteiger partial charge < -0.3 is 19.5 Å². The highest BCUT2D eigenvalue weighted by Crippen LogP contribution is 2.39. The fourth-order valence-corrected chi connectivity index (χ4v) is 6.65. The first-order chi connectivity index (χ1) is 17.0. The van der Waals surface area contributed by atoms with Gasteiger partial charge in [-0.3, -0.25) is 0 Å². The SMILES string of the molecule is Cc1ccccc1CN1CC2(CCOCC2)Oc2nc(OCCC3CCNCC3)c(C)cc2S1=O. The van der Waals surface area contributed by atoms with Gasteiger partial charge in [-0.2, -0.15) is 4.98 Å². The van der Waals surface area contributed by atoms with E-state index in [1.165, 1.54) is 24.0 Å². The standard InChI is InChI=1S/C27H37N3O4S/c1-20-5-3-4-6-23(20)18-30-19-27(10-15-32-16-11-27)34-26-24(35(30)31)17-21(2)25(29-26)33-14-9-22-7-12-28-13-8-22/h3-6,17,22,28H,7-16,18-19H2,1-2H3. The topological polar surface area (TPSA) is 72.9 Å². The van der Waals surface area contributed by atoms with Crippen LogP contribution in [0.25, 0.3) is 0 Å². The van der Waals surface area contributed by atoms with Crippen molar-refractivity contribution in [3.8, 4) is 11.8 Å². The third-order valence-electron chi connectivity index (χ3n) is 7.53.